The molecule has 0 unspecified atom stereocenters. The average molecular weight is 241 g/mol. The van der Waals surface area contributed by atoms with Crippen LogP contribution in [-0.4, -0.2) is 20.2 Å². The van der Waals surface area contributed by atoms with Crippen molar-refractivity contribution in [2.45, 2.75) is 6.92 Å². The van der Waals surface area contributed by atoms with Crippen LogP contribution in [0.1, 0.15) is 5.82 Å². The standard InChI is InChI=1S/C12H11N5O/c1-7-15-12(17-16-7)10-3-2-9(18-10)8-4-5-14-11(13)6-8/h2-6H,1H3,(H2,13,14)(H,15,16,17). The number of hydrogen-bond donors (Lipinski definition) is 2. The van der Waals surface area contributed by atoms with E-state index in [2.05, 4.69) is 20.2 Å². The Bertz CT molecular complexity index is 685. The molecule has 6 nitrogen and oxygen atoms in total. The van der Waals surface area contributed by atoms with E-state index in [-0.39, 0.29) is 0 Å². The molecule has 0 fully saturated rings. The monoisotopic (exact) mass is 241 g/mol. The zero-order valence-corrected chi connectivity index (χ0v) is 9.71. The van der Waals surface area contributed by atoms with Gasteiger partial charge in [0.05, 0.1) is 0 Å². The van der Waals surface area contributed by atoms with Gasteiger partial charge >= 0.3 is 0 Å². The second-order valence-corrected chi connectivity index (χ2v) is 3.88. The smallest absolute Gasteiger partial charge is 0.216 e. The fourth-order valence-corrected chi connectivity index (χ4v) is 1.67. The fourth-order valence-electron chi connectivity index (χ4n) is 1.67. The molecular formula is C12H11N5O. The normalized spacial score (nSPS) is 10.7. The number of rotatable bonds is 2. The molecule has 3 N–H and O–H groups in total. The Morgan fingerprint density at radius 2 is 2.06 bits per heavy atom. The van der Waals surface area contributed by atoms with Gasteiger partial charge in [0.1, 0.15) is 17.4 Å². The van der Waals surface area contributed by atoms with Crippen LogP contribution in [0.15, 0.2) is 34.9 Å². The molecular weight excluding hydrogens is 230 g/mol. The molecule has 0 aliphatic rings. The maximum absolute atomic E-state index is 5.70. The number of nitrogen functional groups attached to an aromatic ring is 1. The molecule has 18 heavy (non-hydrogen) atoms. The van der Waals surface area contributed by atoms with Crippen molar-refractivity contribution in [3.8, 4) is 22.9 Å². The van der Waals surface area contributed by atoms with Crippen LogP contribution >= 0.6 is 0 Å². The van der Waals surface area contributed by atoms with Gasteiger partial charge in [-0.15, -0.1) is 0 Å². The number of anilines is 1. The highest BCUT2D eigenvalue weighted by Crippen LogP contribution is 2.26. The molecule has 0 aliphatic carbocycles. The number of H-pyrrole nitrogens is 1. The predicted molar refractivity (Wildman–Crippen MR) is 66.5 cm³/mol. The summed E-state index contributed by atoms with van der Waals surface area (Å²) in [6.07, 6.45) is 1.64. The van der Waals surface area contributed by atoms with Crippen LogP contribution in [0, 0.1) is 6.92 Å². The number of pyridine rings is 1. The first-order valence-corrected chi connectivity index (χ1v) is 5.43. The number of aromatic amines is 1. The largest absolute Gasteiger partial charge is 0.453 e. The second-order valence-electron chi connectivity index (χ2n) is 3.88. The van der Waals surface area contributed by atoms with Gasteiger partial charge in [0.2, 0.25) is 5.82 Å². The lowest BCUT2D eigenvalue weighted by atomic mass is 10.2. The zero-order valence-electron chi connectivity index (χ0n) is 9.71. The van der Waals surface area contributed by atoms with Crippen molar-refractivity contribution < 1.29 is 4.42 Å². The van der Waals surface area contributed by atoms with Crippen LogP contribution in [-0.2, 0) is 0 Å². The van der Waals surface area contributed by atoms with Gasteiger partial charge in [-0.3, -0.25) is 5.10 Å². The first kappa shape index (κ1) is 10.5. The van der Waals surface area contributed by atoms with Crippen molar-refractivity contribution in [1.29, 1.82) is 0 Å². The summed E-state index contributed by atoms with van der Waals surface area (Å²) in [4.78, 5) is 8.15. The predicted octanol–water partition coefficient (Wildman–Crippen LogP) is 2.02. The molecule has 3 aromatic rings. The topological polar surface area (TPSA) is 93.6 Å². The highest BCUT2D eigenvalue weighted by Gasteiger charge is 2.10. The van der Waals surface area contributed by atoms with Gasteiger partial charge < -0.3 is 10.2 Å². The van der Waals surface area contributed by atoms with Crippen molar-refractivity contribution in [3.05, 3.63) is 36.3 Å². The third kappa shape index (κ3) is 1.84. The SMILES string of the molecule is Cc1nc(-c2ccc(-c3ccnc(N)c3)o2)n[nH]1. The number of aromatic nitrogens is 4. The van der Waals surface area contributed by atoms with E-state index in [9.17, 15) is 0 Å². The maximum Gasteiger partial charge on any atom is 0.216 e. The Morgan fingerprint density at radius 1 is 1.22 bits per heavy atom. The summed E-state index contributed by atoms with van der Waals surface area (Å²) in [5, 5.41) is 6.82. The lowest BCUT2D eigenvalue weighted by Gasteiger charge is -1.97. The average Bonchev–Trinajstić information content (AvgIpc) is 2.97. The molecule has 0 spiro atoms. The fraction of sp³-hybridized carbons (Fsp3) is 0.0833. The van der Waals surface area contributed by atoms with E-state index in [4.69, 9.17) is 10.2 Å². The summed E-state index contributed by atoms with van der Waals surface area (Å²) in [5.41, 5.74) is 6.51. The van der Waals surface area contributed by atoms with Crippen molar-refractivity contribution >= 4 is 5.82 Å². The quantitative estimate of drug-likeness (QED) is 0.715. The van der Waals surface area contributed by atoms with E-state index in [1.807, 2.05) is 25.1 Å². The number of aryl methyl sites for hydroxylation is 1. The van der Waals surface area contributed by atoms with E-state index >= 15 is 0 Å². The van der Waals surface area contributed by atoms with Crippen molar-refractivity contribution in [2.24, 2.45) is 0 Å². The highest BCUT2D eigenvalue weighted by molar-refractivity contribution is 5.63. The first-order chi connectivity index (χ1) is 8.72. The second kappa shape index (κ2) is 3.99. The summed E-state index contributed by atoms with van der Waals surface area (Å²) >= 11 is 0. The van der Waals surface area contributed by atoms with E-state index in [1.165, 1.54) is 0 Å². The van der Waals surface area contributed by atoms with Crippen LogP contribution in [0.4, 0.5) is 5.82 Å². The molecule has 0 aromatic carbocycles. The van der Waals surface area contributed by atoms with Crippen LogP contribution < -0.4 is 5.73 Å². The molecule has 3 heterocycles. The lowest BCUT2D eigenvalue weighted by Crippen LogP contribution is -1.88. The summed E-state index contributed by atoms with van der Waals surface area (Å²) in [6.45, 7) is 1.84. The molecule has 0 saturated heterocycles. The van der Waals surface area contributed by atoms with E-state index in [0.29, 0.717) is 23.2 Å². The number of nitrogens with zero attached hydrogens (tertiary/aromatic N) is 3. The molecule has 90 valence electrons. The van der Waals surface area contributed by atoms with Gasteiger partial charge in [-0.05, 0) is 31.2 Å². The van der Waals surface area contributed by atoms with E-state index < -0.39 is 0 Å². The Hall–Kier alpha value is -2.63. The van der Waals surface area contributed by atoms with Crippen LogP contribution in [0.2, 0.25) is 0 Å². The maximum atomic E-state index is 5.70. The van der Waals surface area contributed by atoms with E-state index in [1.54, 1.807) is 12.3 Å². The van der Waals surface area contributed by atoms with Crippen molar-refractivity contribution in [3.63, 3.8) is 0 Å². The van der Waals surface area contributed by atoms with Gasteiger partial charge in [-0.2, -0.15) is 5.10 Å². The molecule has 0 saturated carbocycles. The number of furan rings is 1. The van der Waals surface area contributed by atoms with Gasteiger partial charge in [0, 0.05) is 11.8 Å². The van der Waals surface area contributed by atoms with Crippen molar-refractivity contribution in [1.82, 2.24) is 20.2 Å². The summed E-state index contributed by atoms with van der Waals surface area (Å²) in [7, 11) is 0. The van der Waals surface area contributed by atoms with Crippen LogP contribution in [0.3, 0.4) is 0 Å². The Balaban J connectivity index is 1.99. The molecule has 0 radical (unpaired) electrons. The third-order valence-corrected chi connectivity index (χ3v) is 2.49. The molecule has 0 amide bonds. The van der Waals surface area contributed by atoms with Gasteiger partial charge in [0.15, 0.2) is 5.76 Å². The zero-order chi connectivity index (χ0) is 12.5. The van der Waals surface area contributed by atoms with Crippen molar-refractivity contribution in [2.75, 3.05) is 5.73 Å². The number of nitrogens with two attached hydrogens (primary N) is 1. The summed E-state index contributed by atoms with van der Waals surface area (Å²) < 4.78 is 5.70. The molecule has 0 bridgehead atoms. The molecule has 6 heteroatoms. The minimum Gasteiger partial charge on any atom is -0.453 e. The number of nitrogens with one attached hydrogen (secondary N) is 1. The number of hydrogen-bond acceptors (Lipinski definition) is 5. The molecule has 0 atom stereocenters. The first-order valence-electron chi connectivity index (χ1n) is 5.43. The minimum atomic E-state index is 0.458. The highest BCUT2D eigenvalue weighted by atomic mass is 16.3. The third-order valence-electron chi connectivity index (χ3n) is 2.49. The van der Waals surface area contributed by atoms with Gasteiger partial charge in [-0.1, -0.05) is 0 Å². The summed E-state index contributed by atoms with van der Waals surface area (Å²) in [5.74, 6) is 3.07. The Morgan fingerprint density at radius 3 is 2.78 bits per heavy atom. The Labute approximate surface area is 103 Å². The minimum absolute atomic E-state index is 0.458. The Kier molecular flexibility index (Phi) is 2.33. The van der Waals surface area contributed by atoms with Gasteiger partial charge in [0.25, 0.3) is 0 Å². The molecule has 3 rings (SSSR count). The lowest BCUT2D eigenvalue weighted by molar-refractivity contribution is 0.592. The molecule has 0 aliphatic heterocycles. The van der Waals surface area contributed by atoms with E-state index in [0.717, 1.165) is 11.4 Å². The van der Waals surface area contributed by atoms with Crippen LogP contribution in [0.5, 0.6) is 0 Å². The summed E-state index contributed by atoms with van der Waals surface area (Å²) in [6, 6.07) is 7.28. The molecule has 3 aromatic heterocycles. The van der Waals surface area contributed by atoms with Gasteiger partial charge in [-0.25, -0.2) is 9.97 Å². The van der Waals surface area contributed by atoms with Crippen LogP contribution in [0.25, 0.3) is 22.9 Å².